The van der Waals surface area contributed by atoms with Crippen molar-refractivity contribution in [3.8, 4) is 5.75 Å². The maximum atomic E-state index is 13.2. The predicted molar refractivity (Wildman–Crippen MR) is 124 cm³/mol. The van der Waals surface area contributed by atoms with Gasteiger partial charge in [0.1, 0.15) is 18.1 Å². The van der Waals surface area contributed by atoms with Crippen LogP contribution < -0.4 is 15.0 Å². The highest BCUT2D eigenvalue weighted by molar-refractivity contribution is 5.82. The molecule has 1 saturated heterocycles. The molecule has 2 aromatic carbocycles. The first-order valence-electron chi connectivity index (χ1n) is 11.3. The number of fused-ring (bicyclic) bond motifs is 3. The number of nitrogens with one attached hydrogen (secondary N) is 1. The summed E-state index contributed by atoms with van der Waals surface area (Å²) in [7, 11) is 0. The second-order valence-electron chi connectivity index (χ2n) is 8.46. The SMILES string of the molecule is O=C(NCc1ccco1)C1Cc2ccccc2N2CCN(CCOc3ccccc3)CC12. The lowest BCUT2D eigenvalue weighted by molar-refractivity contribution is -0.126. The zero-order valence-electron chi connectivity index (χ0n) is 18.2. The Hall–Kier alpha value is -3.25. The first-order valence-corrected chi connectivity index (χ1v) is 11.3. The maximum absolute atomic E-state index is 13.2. The van der Waals surface area contributed by atoms with E-state index >= 15 is 0 Å². The van der Waals surface area contributed by atoms with Gasteiger partial charge in [-0.15, -0.1) is 0 Å². The standard InChI is InChI=1S/C26H29N3O3/c30-26(27-18-22-10-6-15-31-22)23-17-20-7-4-5-11-24(20)29-13-12-28(19-25(23)29)14-16-32-21-8-2-1-3-9-21/h1-11,15,23,25H,12-14,16-19H2,(H,27,30). The van der Waals surface area contributed by atoms with Crippen molar-refractivity contribution in [1.29, 1.82) is 0 Å². The van der Waals surface area contributed by atoms with Crippen molar-refractivity contribution in [2.45, 2.75) is 19.0 Å². The van der Waals surface area contributed by atoms with Crippen LogP contribution in [0.15, 0.2) is 77.4 Å². The van der Waals surface area contributed by atoms with Gasteiger partial charge in [0, 0.05) is 31.9 Å². The van der Waals surface area contributed by atoms with Crippen LogP contribution in [0.5, 0.6) is 5.75 Å². The van der Waals surface area contributed by atoms with Crippen LogP contribution in [0.25, 0.3) is 0 Å². The smallest absolute Gasteiger partial charge is 0.225 e. The summed E-state index contributed by atoms with van der Waals surface area (Å²) in [6, 6.07) is 22.3. The molecule has 6 nitrogen and oxygen atoms in total. The number of rotatable bonds is 7. The minimum Gasteiger partial charge on any atom is -0.492 e. The molecule has 0 bridgehead atoms. The van der Waals surface area contributed by atoms with E-state index < -0.39 is 0 Å². The third-order valence-corrected chi connectivity index (χ3v) is 6.48. The average molecular weight is 432 g/mol. The lowest BCUT2D eigenvalue weighted by Gasteiger charge is -2.49. The van der Waals surface area contributed by atoms with Crippen LogP contribution in [-0.4, -0.2) is 49.6 Å². The van der Waals surface area contributed by atoms with E-state index in [-0.39, 0.29) is 17.9 Å². The number of para-hydroxylation sites is 2. The number of carbonyl (C=O) groups is 1. The lowest BCUT2D eigenvalue weighted by Crippen LogP contribution is -2.61. The number of ether oxygens (including phenoxy) is 1. The van der Waals surface area contributed by atoms with E-state index in [4.69, 9.17) is 9.15 Å². The van der Waals surface area contributed by atoms with Crippen LogP contribution in [0.2, 0.25) is 0 Å². The minimum atomic E-state index is -0.0993. The quantitative estimate of drug-likeness (QED) is 0.622. The molecule has 2 unspecified atom stereocenters. The zero-order chi connectivity index (χ0) is 21.8. The average Bonchev–Trinajstić information content (AvgIpc) is 3.36. The summed E-state index contributed by atoms with van der Waals surface area (Å²) in [5, 5.41) is 3.10. The van der Waals surface area contributed by atoms with Crippen molar-refractivity contribution in [2.24, 2.45) is 5.92 Å². The highest BCUT2D eigenvalue weighted by Crippen LogP contribution is 2.36. The summed E-state index contributed by atoms with van der Waals surface area (Å²) >= 11 is 0. The topological polar surface area (TPSA) is 58.0 Å². The Morgan fingerprint density at radius 1 is 1.03 bits per heavy atom. The molecule has 0 radical (unpaired) electrons. The molecule has 3 heterocycles. The van der Waals surface area contributed by atoms with Crippen LogP contribution >= 0.6 is 0 Å². The monoisotopic (exact) mass is 431 g/mol. The molecule has 1 fully saturated rings. The fraction of sp³-hybridized carbons (Fsp3) is 0.346. The third-order valence-electron chi connectivity index (χ3n) is 6.48. The molecule has 5 rings (SSSR count). The van der Waals surface area contributed by atoms with E-state index in [1.165, 1.54) is 11.3 Å². The van der Waals surface area contributed by atoms with E-state index in [1.807, 2.05) is 42.5 Å². The molecule has 1 N–H and O–H groups in total. The predicted octanol–water partition coefficient (Wildman–Crippen LogP) is 3.34. The maximum Gasteiger partial charge on any atom is 0.225 e. The Bertz CT molecular complexity index is 1020. The summed E-state index contributed by atoms with van der Waals surface area (Å²) in [6.45, 7) is 4.64. The van der Waals surface area contributed by atoms with Crippen molar-refractivity contribution in [2.75, 3.05) is 37.7 Å². The zero-order valence-corrected chi connectivity index (χ0v) is 18.2. The van der Waals surface area contributed by atoms with Gasteiger partial charge in [-0.25, -0.2) is 0 Å². The van der Waals surface area contributed by atoms with Gasteiger partial charge < -0.3 is 19.4 Å². The highest BCUT2D eigenvalue weighted by atomic mass is 16.5. The summed E-state index contributed by atoms with van der Waals surface area (Å²) in [4.78, 5) is 18.1. The third kappa shape index (κ3) is 4.50. The number of amides is 1. The molecule has 6 heteroatoms. The Balaban J connectivity index is 1.26. The molecule has 2 aliphatic heterocycles. The summed E-state index contributed by atoms with van der Waals surface area (Å²) in [6.07, 6.45) is 2.40. The Morgan fingerprint density at radius 2 is 1.88 bits per heavy atom. The number of furan rings is 1. The number of hydrogen-bond donors (Lipinski definition) is 1. The van der Waals surface area contributed by atoms with Crippen LogP contribution in [-0.2, 0) is 17.8 Å². The van der Waals surface area contributed by atoms with Gasteiger partial charge in [0.05, 0.1) is 24.8 Å². The van der Waals surface area contributed by atoms with Gasteiger partial charge in [0.2, 0.25) is 5.91 Å². The number of nitrogens with zero attached hydrogens (tertiary/aromatic N) is 2. The molecule has 1 aromatic heterocycles. The van der Waals surface area contributed by atoms with Gasteiger partial charge in [0.25, 0.3) is 0 Å². The molecular formula is C26H29N3O3. The Kier molecular flexibility index (Phi) is 6.12. The largest absolute Gasteiger partial charge is 0.492 e. The molecule has 32 heavy (non-hydrogen) atoms. The Morgan fingerprint density at radius 3 is 2.72 bits per heavy atom. The van der Waals surface area contributed by atoms with Gasteiger partial charge in [-0.1, -0.05) is 36.4 Å². The molecule has 2 aliphatic rings. The van der Waals surface area contributed by atoms with Crippen LogP contribution in [0.4, 0.5) is 5.69 Å². The summed E-state index contributed by atoms with van der Waals surface area (Å²) < 4.78 is 11.3. The fourth-order valence-corrected chi connectivity index (χ4v) is 4.85. The molecule has 0 spiro atoms. The molecule has 3 aromatic rings. The summed E-state index contributed by atoms with van der Waals surface area (Å²) in [5.41, 5.74) is 2.52. The molecule has 1 amide bonds. The van der Waals surface area contributed by atoms with Crippen molar-refractivity contribution in [3.63, 3.8) is 0 Å². The van der Waals surface area contributed by atoms with Crippen LogP contribution in [0.3, 0.4) is 0 Å². The van der Waals surface area contributed by atoms with Gasteiger partial charge in [-0.2, -0.15) is 0 Å². The molecule has 166 valence electrons. The minimum absolute atomic E-state index is 0.0910. The van der Waals surface area contributed by atoms with Crippen molar-refractivity contribution < 1.29 is 13.9 Å². The fourth-order valence-electron chi connectivity index (χ4n) is 4.85. The second kappa shape index (κ2) is 9.49. The molecule has 0 aliphatic carbocycles. The van der Waals surface area contributed by atoms with Gasteiger partial charge in [-0.3, -0.25) is 9.69 Å². The van der Waals surface area contributed by atoms with Crippen molar-refractivity contribution >= 4 is 11.6 Å². The van der Waals surface area contributed by atoms with Crippen molar-refractivity contribution in [3.05, 3.63) is 84.3 Å². The van der Waals surface area contributed by atoms with Crippen LogP contribution in [0, 0.1) is 5.92 Å². The van der Waals surface area contributed by atoms with E-state index in [2.05, 4.69) is 39.4 Å². The molecule has 2 atom stereocenters. The normalized spacial score (nSPS) is 20.3. The van der Waals surface area contributed by atoms with Gasteiger partial charge in [-0.05, 0) is 42.3 Å². The second-order valence-corrected chi connectivity index (χ2v) is 8.46. The number of carbonyl (C=O) groups excluding carboxylic acids is 1. The number of hydrogen-bond acceptors (Lipinski definition) is 5. The Labute approximate surface area is 188 Å². The van der Waals surface area contributed by atoms with E-state index in [0.29, 0.717) is 13.2 Å². The van der Waals surface area contributed by atoms with E-state index in [9.17, 15) is 4.79 Å². The molecular weight excluding hydrogens is 402 g/mol. The molecule has 0 saturated carbocycles. The van der Waals surface area contributed by atoms with E-state index in [1.54, 1.807) is 6.26 Å². The first kappa shape index (κ1) is 20.6. The van der Waals surface area contributed by atoms with Gasteiger partial charge >= 0.3 is 0 Å². The van der Waals surface area contributed by atoms with Crippen LogP contribution in [0.1, 0.15) is 11.3 Å². The van der Waals surface area contributed by atoms with Gasteiger partial charge in [0.15, 0.2) is 0 Å². The lowest BCUT2D eigenvalue weighted by atomic mass is 9.83. The highest BCUT2D eigenvalue weighted by Gasteiger charge is 2.41. The number of benzene rings is 2. The first-order chi connectivity index (χ1) is 15.8. The van der Waals surface area contributed by atoms with E-state index in [0.717, 1.165) is 44.1 Å². The summed E-state index contributed by atoms with van der Waals surface area (Å²) in [5.74, 6) is 1.66. The number of piperazine rings is 1. The number of anilines is 1. The van der Waals surface area contributed by atoms with Crippen molar-refractivity contribution in [1.82, 2.24) is 10.2 Å².